The summed E-state index contributed by atoms with van der Waals surface area (Å²) >= 11 is 0. The molecule has 0 aliphatic rings. The molecular weight excluding hydrogens is 324 g/mol. The van der Waals surface area contributed by atoms with Crippen molar-refractivity contribution in [2.45, 2.75) is 65.4 Å². The lowest BCUT2D eigenvalue weighted by molar-refractivity contribution is 0.0654. The summed E-state index contributed by atoms with van der Waals surface area (Å²) in [5.74, 6) is 0.521. The SMILES string of the molecule is CC(OC(=O)Oc1cc(C(C)(C)C)cc(C(C)(C)C)c1)c1ccccc1. The third-order valence-electron chi connectivity index (χ3n) is 4.38. The summed E-state index contributed by atoms with van der Waals surface area (Å²) in [7, 11) is 0. The van der Waals surface area contributed by atoms with Crippen LogP contribution in [0.4, 0.5) is 4.79 Å². The molecule has 140 valence electrons. The van der Waals surface area contributed by atoms with Gasteiger partial charge in [-0.3, -0.25) is 0 Å². The first-order chi connectivity index (χ1) is 12.0. The lowest BCUT2D eigenvalue weighted by atomic mass is 9.80. The summed E-state index contributed by atoms with van der Waals surface area (Å²) in [6.45, 7) is 14.7. The molecule has 0 fully saturated rings. The Morgan fingerprint density at radius 2 is 1.35 bits per heavy atom. The summed E-state index contributed by atoms with van der Waals surface area (Å²) in [5.41, 5.74) is 3.11. The van der Waals surface area contributed by atoms with E-state index in [4.69, 9.17) is 9.47 Å². The predicted molar refractivity (Wildman–Crippen MR) is 106 cm³/mol. The number of carbonyl (C=O) groups is 1. The van der Waals surface area contributed by atoms with Gasteiger partial charge >= 0.3 is 6.16 Å². The van der Waals surface area contributed by atoms with Gasteiger partial charge in [0.2, 0.25) is 0 Å². The Morgan fingerprint density at radius 3 is 1.81 bits per heavy atom. The lowest BCUT2D eigenvalue weighted by Gasteiger charge is -2.26. The highest BCUT2D eigenvalue weighted by Gasteiger charge is 2.22. The molecule has 0 amide bonds. The van der Waals surface area contributed by atoms with Gasteiger partial charge in [0.25, 0.3) is 0 Å². The van der Waals surface area contributed by atoms with Gasteiger partial charge in [-0.1, -0.05) is 77.9 Å². The number of hydrogen-bond acceptors (Lipinski definition) is 3. The fourth-order valence-electron chi connectivity index (χ4n) is 2.58. The largest absolute Gasteiger partial charge is 0.514 e. The average molecular weight is 354 g/mol. The molecule has 2 aromatic carbocycles. The zero-order valence-electron chi connectivity index (χ0n) is 16.9. The van der Waals surface area contributed by atoms with Crippen molar-refractivity contribution in [3.63, 3.8) is 0 Å². The quantitative estimate of drug-likeness (QED) is 0.462. The van der Waals surface area contributed by atoms with Crippen LogP contribution in [-0.4, -0.2) is 6.16 Å². The minimum atomic E-state index is -0.688. The topological polar surface area (TPSA) is 35.5 Å². The van der Waals surface area contributed by atoms with E-state index in [2.05, 4.69) is 47.6 Å². The van der Waals surface area contributed by atoms with E-state index in [0.29, 0.717) is 5.75 Å². The Balaban J connectivity index is 2.21. The number of benzene rings is 2. The van der Waals surface area contributed by atoms with E-state index in [1.54, 1.807) is 0 Å². The highest BCUT2D eigenvalue weighted by molar-refractivity contribution is 5.64. The van der Waals surface area contributed by atoms with Crippen LogP contribution < -0.4 is 4.74 Å². The predicted octanol–water partition coefficient (Wildman–Crippen LogP) is 6.56. The molecule has 2 rings (SSSR count). The molecule has 1 atom stereocenters. The normalized spacial score (nSPS) is 13.2. The van der Waals surface area contributed by atoms with Crippen molar-refractivity contribution in [2.24, 2.45) is 0 Å². The van der Waals surface area contributed by atoms with Crippen LogP contribution >= 0.6 is 0 Å². The number of ether oxygens (including phenoxy) is 2. The molecule has 0 radical (unpaired) electrons. The van der Waals surface area contributed by atoms with Crippen molar-refractivity contribution in [3.05, 3.63) is 65.2 Å². The van der Waals surface area contributed by atoms with Gasteiger partial charge in [0.15, 0.2) is 0 Å². The second kappa shape index (κ2) is 7.53. The highest BCUT2D eigenvalue weighted by atomic mass is 16.7. The second-order valence-electron chi connectivity index (χ2n) is 8.77. The van der Waals surface area contributed by atoms with Crippen molar-refractivity contribution in [1.29, 1.82) is 0 Å². The summed E-state index contributed by atoms with van der Waals surface area (Å²) in [4.78, 5) is 12.3. The molecular formula is C23H30O3. The minimum absolute atomic E-state index is 0.0411. The van der Waals surface area contributed by atoms with Crippen LogP contribution in [0.3, 0.4) is 0 Å². The molecule has 1 unspecified atom stereocenters. The van der Waals surface area contributed by atoms with Crippen LogP contribution in [0.5, 0.6) is 5.75 Å². The zero-order chi connectivity index (χ0) is 19.5. The molecule has 3 nitrogen and oxygen atoms in total. The van der Waals surface area contributed by atoms with E-state index in [0.717, 1.165) is 16.7 Å². The van der Waals surface area contributed by atoms with Gasteiger partial charge < -0.3 is 9.47 Å². The fourth-order valence-corrected chi connectivity index (χ4v) is 2.58. The van der Waals surface area contributed by atoms with Crippen molar-refractivity contribution >= 4 is 6.16 Å². The maximum absolute atomic E-state index is 12.3. The molecule has 0 saturated carbocycles. The van der Waals surface area contributed by atoms with Crippen LogP contribution in [0.2, 0.25) is 0 Å². The van der Waals surface area contributed by atoms with Gasteiger partial charge in [0.05, 0.1) is 0 Å². The Bertz CT molecular complexity index is 717. The fraction of sp³-hybridized carbons (Fsp3) is 0.435. The molecule has 0 bridgehead atoms. The molecule has 0 N–H and O–H groups in total. The maximum atomic E-state index is 12.3. The molecule has 3 heteroatoms. The standard InChI is InChI=1S/C23H30O3/c1-16(17-11-9-8-10-12-17)25-21(24)26-20-14-18(22(2,3)4)13-19(15-20)23(5,6)7/h8-16H,1-7H3. The summed E-state index contributed by atoms with van der Waals surface area (Å²) in [6, 6.07) is 15.6. The Labute approximate surface area is 157 Å². The van der Waals surface area contributed by atoms with Crippen LogP contribution in [-0.2, 0) is 15.6 Å². The monoisotopic (exact) mass is 354 g/mol. The summed E-state index contributed by atoms with van der Waals surface area (Å²) in [6.07, 6.45) is -1.05. The second-order valence-corrected chi connectivity index (χ2v) is 8.77. The molecule has 0 saturated heterocycles. The van der Waals surface area contributed by atoms with Crippen LogP contribution in [0.25, 0.3) is 0 Å². The number of hydrogen-bond donors (Lipinski definition) is 0. The van der Waals surface area contributed by atoms with Gasteiger partial charge in [-0.2, -0.15) is 0 Å². The molecule has 2 aromatic rings. The van der Waals surface area contributed by atoms with Gasteiger partial charge in [-0.05, 0) is 46.6 Å². The summed E-state index contributed by atoms with van der Waals surface area (Å²) in [5, 5.41) is 0. The zero-order valence-corrected chi connectivity index (χ0v) is 16.9. The van der Waals surface area contributed by atoms with Gasteiger partial charge in [-0.25, -0.2) is 4.79 Å². The van der Waals surface area contributed by atoms with Crippen molar-refractivity contribution in [3.8, 4) is 5.75 Å². The Kier molecular flexibility index (Phi) is 5.80. The van der Waals surface area contributed by atoms with Crippen molar-refractivity contribution in [2.75, 3.05) is 0 Å². The van der Waals surface area contributed by atoms with Crippen molar-refractivity contribution < 1.29 is 14.3 Å². The number of carbonyl (C=O) groups excluding carboxylic acids is 1. The van der Waals surface area contributed by atoms with E-state index >= 15 is 0 Å². The van der Waals surface area contributed by atoms with E-state index < -0.39 is 6.16 Å². The van der Waals surface area contributed by atoms with Gasteiger partial charge in [0.1, 0.15) is 11.9 Å². The molecule has 0 heterocycles. The number of rotatable bonds is 3. The molecule has 0 aliphatic heterocycles. The third kappa shape index (κ3) is 5.35. The average Bonchev–Trinajstić information content (AvgIpc) is 2.53. The van der Waals surface area contributed by atoms with Gasteiger partial charge in [0, 0.05) is 0 Å². The van der Waals surface area contributed by atoms with Crippen molar-refractivity contribution in [1.82, 2.24) is 0 Å². The molecule has 0 spiro atoms. The van der Waals surface area contributed by atoms with Gasteiger partial charge in [-0.15, -0.1) is 0 Å². The first kappa shape index (κ1) is 20.0. The van der Waals surface area contributed by atoms with E-state index in [1.165, 1.54) is 0 Å². The third-order valence-corrected chi connectivity index (χ3v) is 4.38. The smallest absolute Gasteiger partial charge is 0.426 e. The Morgan fingerprint density at radius 1 is 0.846 bits per heavy atom. The maximum Gasteiger partial charge on any atom is 0.514 e. The molecule has 0 aromatic heterocycles. The van der Waals surface area contributed by atoms with Crippen LogP contribution in [0, 0.1) is 0 Å². The van der Waals surface area contributed by atoms with Crippen LogP contribution in [0.15, 0.2) is 48.5 Å². The first-order valence-corrected chi connectivity index (χ1v) is 9.06. The van der Waals surface area contributed by atoms with Crippen LogP contribution in [0.1, 0.15) is 71.3 Å². The van der Waals surface area contributed by atoms with E-state index in [9.17, 15) is 4.79 Å². The molecule has 26 heavy (non-hydrogen) atoms. The van der Waals surface area contributed by atoms with E-state index in [1.807, 2.05) is 49.4 Å². The van der Waals surface area contributed by atoms with E-state index in [-0.39, 0.29) is 16.9 Å². The summed E-state index contributed by atoms with van der Waals surface area (Å²) < 4.78 is 10.9. The highest BCUT2D eigenvalue weighted by Crippen LogP contribution is 2.33. The molecule has 0 aliphatic carbocycles. The Hall–Kier alpha value is -2.29. The minimum Gasteiger partial charge on any atom is -0.426 e. The first-order valence-electron chi connectivity index (χ1n) is 9.06. The lowest BCUT2D eigenvalue weighted by Crippen LogP contribution is -2.18.